The Balaban J connectivity index is 1.48. The summed E-state index contributed by atoms with van der Waals surface area (Å²) >= 11 is 5.83. The first kappa shape index (κ1) is 19.1. The minimum absolute atomic E-state index is 0.00674. The maximum absolute atomic E-state index is 12.5. The van der Waals surface area contributed by atoms with E-state index in [-0.39, 0.29) is 16.7 Å². The van der Waals surface area contributed by atoms with Crippen molar-refractivity contribution in [3.05, 3.63) is 58.6 Å². The van der Waals surface area contributed by atoms with Gasteiger partial charge in [-0.2, -0.15) is 5.10 Å². The van der Waals surface area contributed by atoms with Crippen LogP contribution in [-0.2, 0) is 21.2 Å². The van der Waals surface area contributed by atoms with Gasteiger partial charge >= 0.3 is 0 Å². The van der Waals surface area contributed by atoms with Crippen molar-refractivity contribution in [2.24, 2.45) is 5.10 Å². The van der Waals surface area contributed by atoms with Crippen molar-refractivity contribution < 1.29 is 13.2 Å². The molecule has 8 heteroatoms. The van der Waals surface area contributed by atoms with Gasteiger partial charge in [-0.15, -0.1) is 0 Å². The molecule has 1 N–H and O–H groups in total. The molecule has 1 atom stereocenters. The largest absolute Gasteiger partial charge is 0.273 e. The summed E-state index contributed by atoms with van der Waals surface area (Å²) in [5.41, 5.74) is 3.03. The summed E-state index contributed by atoms with van der Waals surface area (Å²) in [5.74, 6) is 0.0967. The predicted molar refractivity (Wildman–Crippen MR) is 109 cm³/mol. The Morgan fingerprint density at radius 1 is 1.14 bits per heavy atom. The second-order valence-corrected chi connectivity index (χ2v) is 9.17. The van der Waals surface area contributed by atoms with Gasteiger partial charge in [-0.25, -0.2) is 18.1 Å². The molecule has 0 bridgehead atoms. The summed E-state index contributed by atoms with van der Waals surface area (Å²) in [4.78, 5) is 12.3. The number of carbonyl (C=O) groups is 1. The van der Waals surface area contributed by atoms with Crippen molar-refractivity contribution >= 4 is 39.4 Å². The Hall–Kier alpha value is -2.22. The molecule has 0 spiro atoms. The van der Waals surface area contributed by atoms with Gasteiger partial charge in [0.1, 0.15) is 0 Å². The number of hydrazone groups is 1. The number of sulfonamides is 1. The molecule has 4 rings (SSSR count). The second-order valence-electron chi connectivity index (χ2n) is 6.97. The molecule has 1 heterocycles. The number of hydrogen-bond acceptors (Lipinski definition) is 4. The van der Waals surface area contributed by atoms with Crippen LogP contribution in [0.15, 0.2) is 52.5 Å². The van der Waals surface area contributed by atoms with Gasteiger partial charge in [0.25, 0.3) is 0 Å². The quantitative estimate of drug-likeness (QED) is 0.809. The van der Waals surface area contributed by atoms with Crippen LogP contribution in [0.25, 0.3) is 0 Å². The third kappa shape index (κ3) is 3.83. The number of nitrogens with zero attached hydrogens (tertiary/aromatic N) is 2. The van der Waals surface area contributed by atoms with Gasteiger partial charge in [-0.1, -0.05) is 17.7 Å². The molecule has 1 aliphatic carbocycles. The molecule has 0 saturated heterocycles. The fourth-order valence-electron chi connectivity index (χ4n) is 3.65. The van der Waals surface area contributed by atoms with Crippen LogP contribution in [0.4, 0.5) is 5.69 Å². The minimum Gasteiger partial charge on any atom is -0.273 e. The molecule has 146 valence electrons. The molecule has 2 aromatic rings. The van der Waals surface area contributed by atoms with Crippen LogP contribution in [0.2, 0.25) is 5.02 Å². The molecular weight excluding hydrogens is 398 g/mol. The number of hydrogen-bond donors (Lipinski definition) is 1. The van der Waals surface area contributed by atoms with Crippen LogP contribution in [0.5, 0.6) is 0 Å². The third-order valence-corrected chi connectivity index (χ3v) is 6.83. The number of aryl methyl sites for hydroxylation is 1. The van der Waals surface area contributed by atoms with Crippen molar-refractivity contribution in [1.82, 2.24) is 4.72 Å². The van der Waals surface area contributed by atoms with Crippen LogP contribution < -0.4 is 9.73 Å². The molecule has 0 aromatic heterocycles. The number of fused-ring (bicyclic) bond motifs is 1. The van der Waals surface area contributed by atoms with Crippen molar-refractivity contribution in [2.45, 2.75) is 36.5 Å². The number of amides is 1. The van der Waals surface area contributed by atoms with Gasteiger partial charge in [0.15, 0.2) is 0 Å². The van der Waals surface area contributed by atoms with Gasteiger partial charge in [-0.3, -0.25) is 4.79 Å². The molecule has 1 aliphatic heterocycles. The summed E-state index contributed by atoms with van der Waals surface area (Å²) in [6, 6.07) is 12.0. The Bertz CT molecular complexity index is 1040. The number of anilines is 1. The highest BCUT2D eigenvalue weighted by Gasteiger charge is 2.26. The SMILES string of the molecule is O=C1CCC=NN1c1ccc2c(c1)CCC2CNS(=O)(=O)c1ccc(Cl)cc1. The van der Waals surface area contributed by atoms with Gasteiger partial charge in [0.05, 0.1) is 10.6 Å². The highest BCUT2D eigenvalue weighted by atomic mass is 35.5. The van der Waals surface area contributed by atoms with E-state index in [2.05, 4.69) is 9.82 Å². The minimum atomic E-state index is -3.58. The summed E-state index contributed by atoms with van der Waals surface area (Å²) in [6.45, 7) is 0.331. The Kier molecular flexibility index (Phi) is 5.23. The van der Waals surface area contributed by atoms with E-state index in [1.807, 2.05) is 18.2 Å². The zero-order valence-electron chi connectivity index (χ0n) is 15.1. The number of halogens is 1. The normalized spacial score (nSPS) is 19.1. The molecule has 1 amide bonds. The first-order valence-electron chi connectivity index (χ1n) is 9.17. The zero-order valence-corrected chi connectivity index (χ0v) is 16.7. The second kappa shape index (κ2) is 7.66. The van der Waals surface area contributed by atoms with E-state index < -0.39 is 10.0 Å². The molecule has 28 heavy (non-hydrogen) atoms. The zero-order chi connectivity index (χ0) is 19.7. The summed E-state index contributed by atoms with van der Waals surface area (Å²) in [5, 5.41) is 6.13. The van der Waals surface area contributed by atoms with Crippen molar-refractivity contribution in [3.8, 4) is 0 Å². The molecule has 0 saturated carbocycles. The van der Waals surface area contributed by atoms with E-state index in [1.54, 1.807) is 18.3 Å². The maximum Gasteiger partial charge on any atom is 0.247 e. The van der Waals surface area contributed by atoms with Crippen molar-refractivity contribution in [3.63, 3.8) is 0 Å². The molecule has 0 radical (unpaired) electrons. The lowest BCUT2D eigenvalue weighted by Crippen LogP contribution is -2.28. The van der Waals surface area contributed by atoms with Gasteiger partial charge in [0.2, 0.25) is 15.9 Å². The van der Waals surface area contributed by atoms with E-state index >= 15 is 0 Å². The van der Waals surface area contributed by atoms with Crippen LogP contribution in [0.1, 0.15) is 36.3 Å². The van der Waals surface area contributed by atoms with Crippen LogP contribution in [0.3, 0.4) is 0 Å². The average Bonchev–Trinajstić information content (AvgIpc) is 3.09. The fourth-order valence-corrected chi connectivity index (χ4v) is 4.86. The lowest BCUT2D eigenvalue weighted by Gasteiger charge is -2.21. The lowest BCUT2D eigenvalue weighted by atomic mass is 10.0. The molecule has 6 nitrogen and oxygen atoms in total. The Morgan fingerprint density at radius 2 is 1.93 bits per heavy atom. The maximum atomic E-state index is 12.5. The Morgan fingerprint density at radius 3 is 2.68 bits per heavy atom. The van der Waals surface area contributed by atoms with E-state index in [0.717, 1.165) is 29.7 Å². The topological polar surface area (TPSA) is 78.8 Å². The molecule has 1 unspecified atom stereocenters. The van der Waals surface area contributed by atoms with E-state index in [9.17, 15) is 13.2 Å². The van der Waals surface area contributed by atoms with Crippen LogP contribution in [0, 0.1) is 0 Å². The van der Waals surface area contributed by atoms with Crippen LogP contribution >= 0.6 is 11.6 Å². The summed E-state index contributed by atoms with van der Waals surface area (Å²) in [7, 11) is -3.58. The van der Waals surface area contributed by atoms with E-state index in [0.29, 0.717) is 24.4 Å². The molecule has 0 fully saturated rings. The van der Waals surface area contributed by atoms with Crippen LogP contribution in [-0.4, -0.2) is 27.1 Å². The molecular formula is C20H20ClN3O3S. The predicted octanol–water partition coefficient (Wildman–Crippen LogP) is 3.46. The van der Waals surface area contributed by atoms with Gasteiger partial charge in [0, 0.05) is 24.2 Å². The number of carbonyl (C=O) groups excluding carboxylic acids is 1. The lowest BCUT2D eigenvalue weighted by molar-refractivity contribution is -0.118. The first-order chi connectivity index (χ1) is 13.4. The number of nitrogens with one attached hydrogen (secondary N) is 1. The monoisotopic (exact) mass is 417 g/mol. The van der Waals surface area contributed by atoms with Gasteiger partial charge < -0.3 is 0 Å². The highest BCUT2D eigenvalue weighted by Crippen LogP contribution is 2.35. The van der Waals surface area contributed by atoms with E-state index in [4.69, 9.17) is 11.6 Å². The molecule has 2 aliphatic rings. The highest BCUT2D eigenvalue weighted by molar-refractivity contribution is 7.89. The van der Waals surface area contributed by atoms with Gasteiger partial charge in [-0.05, 0) is 72.7 Å². The van der Waals surface area contributed by atoms with Crippen molar-refractivity contribution in [1.29, 1.82) is 0 Å². The van der Waals surface area contributed by atoms with Crippen molar-refractivity contribution in [2.75, 3.05) is 11.6 Å². The smallest absolute Gasteiger partial charge is 0.247 e. The number of rotatable bonds is 5. The third-order valence-electron chi connectivity index (χ3n) is 5.14. The summed E-state index contributed by atoms with van der Waals surface area (Å²) in [6.07, 6.45) is 4.61. The first-order valence-corrected chi connectivity index (χ1v) is 11.0. The molecule has 2 aromatic carbocycles. The number of benzene rings is 2. The standard InChI is InChI=1S/C20H20ClN3O3S/c21-16-5-8-18(9-6-16)28(26,27)23-13-15-4-3-14-12-17(7-10-19(14)15)24-20(25)2-1-11-22-24/h5-12,15,23H,1-4,13H2. The van der Waals surface area contributed by atoms with E-state index in [1.165, 1.54) is 17.1 Å². The Labute approximate surface area is 169 Å². The summed E-state index contributed by atoms with van der Waals surface area (Å²) < 4.78 is 27.7. The fraction of sp³-hybridized carbons (Fsp3) is 0.300. The average molecular weight is 418 g/mol.